The highest BCUT2D eigenvalue weighted by atomic mass is 31.2. The molecule has 0 heterocycles. The van der Waals surface area contributed by atoms with E-state index in [9.17, 15) is 43.2 Å². The number of unbranched alkanes of at least 4 members (excludes halogenated alkanes) is 44. The standard InChI is InChI=1S/C82H160O17P2/c1-9-75(8)61-53-45-36-32-33-39-49-57-65-82(87)99-78(69-93-80(85)63-55-47-41-40-44-52-60-74(6)7)71-97-101(90,91)95-67-76(83)66-94-100(88,89)96-70-77(68-92-79(84)62-54-46-37-30-26-22-18-15-14-17-21-25-29-35-43-51-59-73(4)5)98-81(86)64-56-48-38-31-27-23-19-13-11-10-12-16-20-24-28-34-42-50-58-72(2)3/h72-78,83H,9-71H2,1-8H3,(H,88,89)(H,90,91)/t75?,76-,77-,78-/m1/s1. The number of aliphatic hydroxyl groups excluding tert-OH is 1. The largest absolute Gasteiger partial charge is 0.472 e. The number of phosphoric ester groups is 2. The number of hydrogen-bond acceptors (Lipinski definition) is 15. The third-order valence-electron chi connectivity index (χ3n) is 19.4. The Morgan fingerprint density at radius 2 is 0.475 bits per heavy atom. The predicted molar refractivity (Wildman–Crippen MR) is 414 cm³/mol. The highest BCUT2D eigenvalue weighted by Gasteiger charge is 2.30. The zero-order chi connectivity index (χ0) is 74.6. The van der Waals surface area contributed by atoms with Crippen LogP contribution in [0.25, 0.3) is 0 Å². The second kappa shape index (κ2) is 71.0. The van der Waals surface area contributed by atoms with Gasteiger partial charge in [-0.15, -0.1) is 0 Å². The summed E-state index contributed by atoms with van der Waals surface area (Å²) in [6.45, 7) is 14.2. The monoisotopic (exact) mass is 1480 g/mol. The van der Waals surface area contributed by atoms with Crippen LogP contribution in [0.4, 0.5) is 0 Å². The number of carbonyl (C=O) groups is 4. The molecule has 19 heteroatoms. The van der Waals surface area contributed by atoms with Crippen molar-refractivity contribution in [3.63, 3.8) is 0 Å². The van der Waals surface area contributed by atoms with Crippen LogP contribution in [0.3, 0.4) is 0 Å². The topological polar surface area (TPSA) is 237 Å². The van der Waals surface area contributed by atoms with Gasteiger partial charge in [0.1, 0.15) is 19.3 Å². The number of hydrogen-bond donors (Lipinski definition) is 3. The maximum Gasteiger partial charge on any atom is 0.472 e. The number of aliphatic hydroxyl groups is 1. The van der Waals surface area contributed by atoms with E-state index in [0.29, 0.717) is 31.6 Å². The van der Waals surface area contributed by atoms with Gasteiger partial charge in [0.2, 0.25) is 0 Å². The molecule has 0 aliphatic carbocycles. The molecule has 0 aromatic rings. The number of ether oxygens (including phenoxy) is 4. The molecule has 0 amide bonds. The summed E-state index contributed by atoms with van der Waals surface area (Å²) in [7, 11) is -9.92. The Bertz CT molecular complexity index is 1970. The van der Waals surface area contributed by atoms with Gasteiger partial charge in [-0.2, -0.15) is 0 Å². The lowest BCUT2D eigenvalue weighted by atomic mass is 9.99. The van der Waals surface area contributed by atoms with Gasteiger partial charge in [0, 0.05) is 25.7 Å². The summed E-state index contributed by atoms with van der Waals surface area (Å²) in [5, 5.41) is 10.6. The molecule has 3 N–H and O–H groups in total. The quantitative estimate of drug-likeness (QED) is 0.0222. The molecule has 0 fully saturated rings. The Labute approximate surface area is 619 Å². The van der Waals surface area contributed by atoms with Crippen LogP contribution in [0.2, 0.25) is 0 Å². The summed E-state index contributed by atoms with van der Waals surface area (Å²) in [5.74, 6) is 0.965. The second-order valence-corrected chi connectivity index (χ2v) is 34.1. The summed E-state index contributed by atoms with van der Waals surface area (Å²) in [4.78, 5) is 73.0. The fourth-order valence-electron chi connectivity index (χ4n) is 12.6. The fourth-order valence-corrected chi connectivity index (χ4v) is 14.2. The normalized spacial score (nSPS) is 14.3. The summed E-state index contributed by atoms with van der Waals surface area (Å²) in [6.07, 6.45) is 58.6. The van der Waals surface area contributed by atoms with Gasteiger partial charge in [0.25, 0.3) is 0 Å². The Hall–Kier alpha value is -1.94. The van der Waals surface area contributed by atoms with Crippen molar-refractivity contribution in [3.05, 3.63) is 0 Å². The summed E-state index contributed by atoms with van der Waals surface area (Å²) < 4.78 is 68.7. The summed E-state index contributed by atoms with van der Waals surface area (Å²) in [5.41, 5.74) is 0. The zero-order valence-corrected chi connectivity index (χ0v) is 68.3. The fraction of sp³-hybridized carbons (Fsp3) is 0.951. The van der Waals surface area contributed by atoms with E-state index >= 15 is 0 Å². The van der Waals surface area contributed by atoms with Crippen molar-refractivity contribution < 1.29 is 80.2 Å². The van der Waals surface area contributed by atoms with Crippen molar-refractivity contribution in [1.29, 1.82) is 0 Å². The summed E-state index contributed by atoms with van der Waals surface area (Å²) in [6, 6.07) is 0. The lowest BCUT2D eigenvalue weighted by Gasteiger charge is -2.21. The molecule has 0 aromatic heterocycles. The molecule has 0 aliphatic heterocycles. The second-order valence-electron chi connectivity index (χ2n) is 31.2. The van der Waals surface area contributed by atoms with Crippen LogP contribution in [0.1, 0.15) is 421 Å². The highest BCUT2D eigenvalue weighted by molar-refractivity contribution is 7.47. The molecule has 0 spiro atoms. The van der Waals surface area contributed by atoms with Crippen LogP contribution >= 0.6 is 15.6 Å². The molecule has 0 aliphatic rings. The number of carbonyl (C=O) groups excluding carboxylic acids is 4. The van der Waals surface area contributed by atoms with Crippen LogP contribution < -0.4 is 0 Å². The average Bonchev–Trinajstić information content (AvgIpc) is 1.40. The minimum Gasteiger partial charge on any atom is -0.462 e. The first-order valence-corrected chi connectivity index (χ1v) is 45.2. The first-order valence-electron chi connectivity index (χ1n) is 42.2. The third-order valence-corrected chi connectivity index (χ3v) is 21.3. The maximum absolute atomic E-state index is 13.1. The molecule has 0 aromatic carbocycles. The molecule has 0 radical (unpaired) electrons. The van der Waals surface area contributed by atoms with E-state index in [2.05, 4.69) is 55.4 Å². The van der Waals surface area contributed by atoms with Crippen LogP contribution in [-0.2, 0) is 65.4 Å². The number of esters is 4. The van der Waals surface area contributed by atoms with Gasteiger partial charge < -0.3 is 33.8 Å². The highest BCUT2D eigenvalue weighted by Crippen LogP contribution is 2.45. The Morgan fingerprint density at radius 3 is 0.703 bits per heavy atom. The molecule has 3 unspecified atom stereocenters. The van der Waals surface area contributed by atoms with Gasteiger partial charge in [0.05, 0.1) is 26.4 Å². The van der Waals surface area contributed by atoms with Gasteiger partial charge in [0.15, 0.2) is 12.2 Å². The van der Waals surface area contributed by atoms with E-state index in [-0.39, 0.29) is 25.7 Å². The van der Waals surface area contributed by atoms with E-state index in [1.165, 1.54) is 218 Å². The molecular weight excluding hydrogens is 1320 g/mol. The lowest BCUT2D eigenvalue weighted by molar-refractivity contribution is -0.161. The first kappa shape index (κ1) is 99.1. The summed E-state index contributed by atoms with van der Waals surface area (Å²) >= 11 is 0. The minimum absolute atomic E-state index is 0.104. The molecular formula is C82H160O17P2. The van der Waals surface area contributed by atoms with Crippen molar-refractivity contribution in [2.45, 2.75) is 440 Å². The van der Waals surface area contributed by atoms with E-state index in [1.54, 1.807) is 0 Å². The van der Waals surface area contributed by atoms with E-state index in [1.807, 2.05) is 0 Å². The van der Waals surface area contributed by atoms with Crippen LogP contribution in [0.15, 0.2) is 0 Å². The van der Waals surface area contributed by atoms with Gasteiger partial charge in [-0.25, -0.2) is 9.13 Å². The van der Waals surface area contributed by atoms with Crippen LogP contribution in [0.5, 0.6) is 0 Å². The third kappa shape index (κ3) is 74.7. The molecule has 600 valence electrons. The molecule has 17 nitrogen and oxygen atoms in total. The minimum atomic E-state index is -4.96. The average molecular weight is 1480 g/mol. The number of phosphoric acid groups is 2. The van der Waals surface area contributed by atoms with Crippen molar-refractivity contribution in [2.75, 3.05) is 39.6 Å². The van der Waals surface area contributed by atoms with E-state index in [4.69, 9.17) is 37.0 Å². The zero-order valence-electron chi connectivity index (χ0n) is 66.5. The van der Waals surface area contributed by atoms with Gasteiger partial charge >= 0.3 is 39.5 Å². The lowest BCUT2D eigenvalue weighted by Crippen LogP contribution is -2.30. The van der Waals surface area contributed by atoms with E-state index in [0.717, 1.165) is 114 Å². The Balaban J connectivity index is 5.21. The van der Waals surface area contributed by atoms with Crippen molar-refractivity contribution in [2.24, 2.45) is 23.7 Å². The van der Waals surface area contributed by atoms with Crippen molar-refractivity contribution >= 4 is 39.5 Å². The number of rotatable bonds is 79. The molecule has 0 bridgehead atoms. The molecule has 0 saturated carbocycles. The first-order chi connectivity index (χ1) is 48.6. The van der Waals surface area contributed by atoms with E-state index < -0.39 is 97.5 Å². The molecule has 6 atom stereocenters. The SMILES string of the molecule is CCC(C)CCCCCCCCCCC(=O)O[C@H](COC(=O)CCCCCCCCC(C)C)COP(=O)(O)OC[C@H](O)COP(=O)(O)OC[C@@H](COC(=O)CCCCCCCCCCCCCCCCCCC(C)C)OC(=O)CCCCCCCCCCCCCCCCCCCCC(C)C. The maximum atomic E-state index is 13.1. The molecule has 0 rings (SSSR count). The van der Waals surface area contributed by atoms with Crippen LogP contribution in [0, 0.1) is 23.7 Å². The molecule has 0 saturated heterocycles. The van der Waals surface area contributed by atoms with Gasteiger partial charge in [-0.05, 0) is 49.4 Å². The Morgan fingerprint density at radius 1 is 0.277 bits per heavy atom. The van der Waals surface area contributed by atoms with Crippen molar-refractivity contribution in [1.82, 2.24) is 0 Å². The van der Waals surface area contributed by atoms with Gasteiger partial charge in [-0.3, -0.25) is 37.3 Å². The van der Waals surface area contributed by atoms with Crippen molar-refractivity contribution in [3.8, 4) is 0 Å². The molecule has 101 heavy (non-hydrogen) atoms. The van der Waals surface area contributed by atoms with Crippen LogP contribution in [-0.4, -0.2) is 96.7 Å². The van der Waals surface area contributed by atoms with Gasteiger partial charge in [-0.1, -0.05) is 370 Å². The Kier molecular flexibility index (Phi) is 69.6. The smallest absolute Gasteiger partial charge is 0.462 e. The predicted octanol–water partition coefficient (Wildman–Crippen LogP) is 24.4.